The van der Waals surface area contributed by atoms with E-state index < -0.39 is 0 Å². The van der Waals surface area contributed by atoms with Crippen LogP contribution in [0.4, 0.5) is 0 Å². The van der Waals surface area contributed by atoms with Crippen molar-refractivity contribution in [3.8, 4) is 0 Å². The van der Waals surface area contributed by atoms with Crippen LogP contribution in [0, 0.1) is 0 Å². The molecule has 0 fully saturated rings. The fourth-order valence-corrected chi connectivity index (χ4v) is 2.23. The number of benzene rings is 1. The summed E-state index contributed by atoms with van der Waals surface area (Å²) in [5.74, 6) is 0. The van der Waals surface area contributed by atoms with E-state index in [2.05, 4.69) is 41.8 Å². The molecule has 3 nitrogen and oxygen atoms in total. The van der Waals surface area contributed by atoms with Gasteiger partial charge in [0.2, 0.25) is 0 Å². The van der Waals surface area contributed by atoms with Crippen molar-refractivity contribution in [2.45, 2.75) is 52.0 Å². The van der Waals surface area contributed by atoms with Crippen molar-refractivity contribution in [1.82, 2.24) is 15.0 Å². The number of unbranched alkanes of at least 4 members (excludes halogenated alkanes) is 2. The number of nitrogens with zero attached hydrogens (tertiary/aromatic N) is 3. The van der Waals surface area contributed by atoms with Gasteiger partial charge in [-0.3, -0.25) is 0 Å². The van der Waals surface area contributed by atoms with E-state index >= 15 is 0 Å². The van der Waals surface area contributed by atoms with Gasteiger partial charge in [-0.25, -0.2) is 4.68 Å². The van der Waals surface area contributed by atoms with Crippen LogP contribution >= 0.6 is 0 Å². The Bertz CT molecular complexity index is 485. The Balaban J connectivity index is 2.25. The Morgan fingerprint density at radius 3 is 2.71 bits per heavy atom. The molecule has 0 amide bonds. The lowest BCUT2D eigenvalue weighted by molar-refractivity contribution is 0.288. The van der Waals surface area contributed by atoms with Crippen molar-refractivity contribution in [2.24, 2.45) is 0 Å². The van der Waals surface area contributed by atoms with E-state index in [0.29, 0.717) is 0 Å². The molecule has 0 spiro atoms. The summed E-state index contributed by atoms with van der Waals surface area (Å²) in [6, 6.07) is 8.16. The first-order valence-corrected chi connectivity index (χ1v) is 6.46. The summed E-state index contributed by atoms with van der Waals surface area (Å²) < 4.78 is 2.07. The molecule has 1 aromatic heterocycles. The summed E-state index contributed by atoms with van der Waals surface area (Å²) in [4.78, 5) is 0. The average Bonchev–Trinajstić information content (AvgIpc) is 2.73. The second-order valence-corrected chi connectivity index (χ2v) is 5.26. The maximum Gasteiger partial charge on any atom is 0.113 e. The number of fused-ring (bicyclic) bond motifs is 1. The van der Waals surface area contributed by atoms with E-state index in [1.54, 1.807) is 0 Å². The minimum atomic E-state index is 0.0469. The highest BCUT2D eigenvalue weighted by atomic mass is 15.4. The lowest BCUT2D eigenvalue weighted by atomic mass is 9.96. The molecule has 3 heteroatoms. The molecule has 2 aromatic rings. The number of rotatable bonds is 5. The zero-order chi connectivity index (χ0) is 12.3. The Morgan fingerprint density at radius 2 is 1.94 bits per heavy atom. The summed E-state index contributed by atoms with van der Waals surface area (Å²) in [5, 5.41) is 8.54. The second-order valence-electron chi connectivity index (χ2n) is 5.26. The Kier molecular flexibility index (Phi) is 3.46. The van der Waals surface area contributed by atoms with E-state index in [-0.39, 0.29) is 5.54 Å². The highest BCUT2D eigenvalue weighted by molar-refractivity contribution is 5.74. The molecule has 0 aliphatic carbocycles. The summed E-state index contributed by atoms with van der Waals surface area (Å²) in [7, 11) is 0. The molecular formula is C14H21N3. The van der Waals surface area contributed by atoms with Crippen LogP contribution in [0.3, 0.4) is 0 Å². The molecular weight excluding hydrogens is 210 g/mol. The quantitative estimate of drug-likeness (QED) is 0.734. The monoisotopic (exact) mass is 231 g/mol. The van der Waals surface area contributed by atoms with Gasteiger partial charge in [0.1, 0.15) is 5.52 Å². The zero-order valence-electron chi connectivity index (χ0n) is 11.0. The van der Waals surface area contributed by atoms with Crippen molar-refractivity contribution in [1.29, 1.82) is 0 Å². The summed E-state index contributed by atoms with van der Waals surface area (Å²) >= 11 is 0. The summed E-state index contributed by atoms with van der Waals surface area (Å²) in [5.41, 5.74) is 2.16. The van der Waals surface area contributed by atoms with Gasteiger partial charge in [-0.1, -0.05) is 43.5 Å². The van der Waals surface area contributed by atoms with Gasteiger partial charge in [-0.2, -0.15) is 0 Å². The molecule has 0 unspecified atom stereocenters. The highest BCUT2D eigenvalue weighted by Gasteiger charge is 2.22. The molecule has 0 bridgehead atoms. The van der Waals surface area contributed by atoms with Crippen molar-refractivity contribution in [2.75, 3.05) is 0 Å². The Labute approximate surface area is 103 Å². The Morgan fingerprint density at radius 1 is 1.18 bits per heavy atom. The maximum atomic E-state index is 4.31. The van der Waals surface area contributed by atoms with Crippen molar-refractivity contribution in [3.05, 3.63) is 24.3 Å². The fraction of sp³-hybridized carbons (Fsp3) is 0.571. The second kappa shape index (κ2) is 4.86. The van der Waals surface area contributed by atoms with Crippen LogP contribution in [0.5, 0.6) is 0 Å². The molecule has 0 aliphatic rings. The molecule has 0 radical (unpaired) electrons. The minimum absolute atomic E-state index is 0.0469. The van der Waals surface area contributed by atoms with Gasteiger partial charge in [0.25, 0.3) is 0 Å². The fourth-order valence-electron chi connectivity index (χ4n) is 2.23. The molecule has 0 atom stereocenters. The summed E-state index contributed by atoms with van der Waals surface area (Å²) in [6.07, 6.45) is 4.94. The lowest BCUT2D eigenvalue weighted by Gasteiger charge is -2.25. The van der Waals surface area contributed by atoms with Gasteiger partial charge in [0.15, 0.2) is 0 Å². The van der Waals surface area contributed by atoms with Crippen LogP contribution < -0.4 is 0 Å². The van der Waals surface area contributed by atoms with Crippen LogP contribution in [-0.4, -0.2) is 15.0 Å². The van der Waals surface area contributed by atoms with E-state index in [9.17, 15) is 0 Å². The zero-order valence-corrected chi connectivity index (χ0v) is 11.0. The van der Waals surface area contributed by atoms with E-state index in [4.69, 9.17) is 0 Å². The lowest BCUT2D eigenvalue weighted by Crippen LogP contribution is -2.27. The van der Waals surface area contributed by atoms with Gasteiger partial charge >= 0.3 is 0 Å². The van der Waals surface area contributed by atoms with Crippen molar-refractivity contribution < 1.29 is 0 Å². The Hall–Kier alpha value is -1.38. The molecule has 0 aliphatic heterocycles. The van der Waals surface area contributed by atoms with Crippen molar-refractivity contribution in [3.63, 3.8) is 0 Å². The molecule has 1 heterocycles. The predicted molar refractivity (Wildman–Crippen MR) is 71.0 cm³/mol. The SMILES string of the molecule is CCCCCC(C)(C)n1nnc2ccccc21. The molecule has 0 saturated carbocycles. The third-order valence-electron chi connectivity index (χ3n) is 3.32. The normalized spacial score (nSPS) is 12.2. The third kappa shape index (κ3) is 2.48. The van der Waals surface area contributed by atoms with Crippen molar-refractivity contribution >= 4 is 11.0 Å². The smallest absolute Gasteiger partial charge is 0.113 e. The molecule has 2 rings (SSSR count). The van der Waals surface area contributed by atoms with E-state index in [0.717, 1.165) is 17.5 Å². The van der Waals surface area contributed by atoms with Gasteiger partial charge in [-0.05, 0) is 32.4 Å². The maximum absolute atomic E-state index is 4.31. The van der Waals surface area contributed by atoms with Crippen LogP contribution in [0.25, 0.3) is 11.0 Å². The summed E-state index contributed by atoms with van der Waals surface area (Å²) in [6.45, 7) is 6.71. The number of hydrogen-bond donors (Lipinski definition) is 0. The number of para-hydroxylation sites is 1. The van der Waals surface area contributed by atoms with Crippen LogP contribution in [0.1, 0.15) is 46.5 Å². The van der Waals surface area contributed by atoms with Crippen LogP contribution in [-0.2, 0) is 5.54 Å². The molecule has 17 heavy (non-hydrogen) atoms. The van der Waals surface area contributed by atoms with Gasteiger partial charge in [0, 0.05) is 0 Å². The number of hydrogen-bond acceptors (Lipinski definition) is 2. The first kappa shape index (κ1) is 12.1. The first-order valence-electron chi connectivity index (χ1n) is 6.46. The first-order chi connectivity index (χ1) is 8.15. The van der Waals surface area contributed by atoms with Gasteiger partial charge in [0.05, 0.1) is 11.1 Å². The average molecular weight is 231 g/mol. The van der Waals surface area contributed by atoms with E-state index in [1.807, 2.05) is 18.2 Å². The third-order valence-corrected chi connectivity index (χ3v) is 3.32. The van der Waals surface area contributed by atoms with E-state index in [1.165, 1.54) is 19.3 Å². The molecule has 0 N–H and O–H groups in total. The molecule has 92 valence electrons. The topological polar surface area (TPSA) is 30.7 Å². The molecule has 1 aromatic carbocycles. The molecule has 0 saturated heterocycles. The largest absolute Gasteiger partial charge is 0.239 e. The van der Waals surface area contributed by atoms with Gasteiger partial charge in [-0.15, -0.1) is 5.10 Å². The number of aromatic nitrogens is 3. The van der Waals surface area contributed by atoms with Crippen LogP contribution in [0.2, 0.25) is 0 Å². The minimum Gasteiger partial charge on any atom is -0.239 e. The van der Waals surface area contributed by atoms with Gasteiger partial charge < -0.3 is 0 Å². The predicted octanol–water partition coefficient (Wildman–Crippen LogP) is 3.75. The highest BCUT2D eigenvalue weighted by Crippen LogP contribution is 2.25. The van der Waals surface area contributed by atoms with Crippen LogP contribution in [0.15, 0.2) is 24.3 Å². The standard InChI is InChI=1S/C14H21N3/c1-4-5-8-11-14(2,3)17-13-10-7-6-9-12(13)15-16-17/h6-7,9-10H,4-5,8,11H2,1-3H3.